The molecule has 10 nitrogen and oxygen atoms in total. The van der Waals surface area contributed by atoms with E-state index in [1.807, 2.05) is 11.7 Å². The van der Waals surface area contributed by atoms with Crippen LogP contribution in [0.25, 0.3) is 0 Å². The largest absolute Gasteiger partial charge is 0.394 e. The summed E-state index contributed by atoms with van der Waals surface area (Å²) in [4.78, 5) is 22.8. The Bertz CT molecular complexity index is 1480. The quantitative estimate of drug-likeness (QED) is 0.0516. The van der Waals surface area contributed by atoms with Crippen LogP contribution < -0.4 is 21.4 Å². The van der Waals surface area contributed by atoms with Gasteiger partial charge in [-0.1, -0.05) is 85.2 Å². The SMILES string of the molecule is Cn1cc([P+](CCCCCCCCCCCC(=O)N[C@H](CO)[C@H](O)c2ccc([N+](=O)[O-])cc2)(c2ccccc2)c2ccccc2)nn1. The molecule has 0 aliphatic carbocycles. The Morgan fingerprint density at radius 2 is 1.38 bits per heavy atom. The molecule has 0 spiro atoms. The zero-order chi connectivity index (χ0) is 33.5. The number of carbonyl (C=O) groups is 1. The molecule has 3 N–H and O–H groups in total. The highest BCUT2D eigenvalue weighted by Gasteiger charge is 2.47. The van der Waals surface area contributed by atoms with Crippen molar-refractivity contribution in [3.8, 4) is 0 Å². The van der Waals surface area contributed by atoms with E-state index in [1.165, 1.54) is 60.6 Å². The molecule has 0 saturated carbocycles. The summed E-state index contributed by atoms with van der Waals surface area (Å²) >= 11 is 0. The van der Waals surface area contributed by atoms with Crippen molar-refractivity contribution in [3.05, 3.63) is 107 Å². The number of aliphatic hydroxyl groups is 2. The van der Waals surface area contributed by atoms with Gasteiger partial charge in [0.05, 0.1) is 29.9 Å². The van der Waals surface area contributed by atoms with E-state index in [9.17, 15) is 25.1 Å². The smallest absolute Gasteiger partial charge is 0.269 e. The molecule has 0 fully saturated rings. The number of benzene rings is 3. The number of amides is 1. The number of aromatic nitrogens is 3. The average molecular weight is 661 g/mol. The van der Waals surface area contributed by atoms with Gasteiger partial charge in [0.2, 0.25) is 11.3 Å². The second kappa shape index (κ2) is 18.4. The molecule has 11 heteroatoms. The molecule has 3 aromatic carbocycles. The Morgan fingerprint density at radius 1 is 0.851 bits per heavy atom. The second-order valence-corrected chi connectivity index (χ2v) is 15.6. The van der Waals surface area contributed by atoms with E-state index < -0.39 is 30.9 Å². The fraction of sp³-hybridized carbons (Fsp3) is 0.417. The number of rotatable bonds is 20. The number of hydrogen-bond acceptors (Lipinski definition) is 7. The first-order valence-corrected chi connectivity index (χ1v) is 18.5. The molecule has 0 radical (unpaired) electrons. The van der Waals surface area contributed by atoms with Gasteiger partial charge in [-0.15, -0.1) is 0 Å². The van der Waals surface area contributed by atoms with Crippen LogP contribution in [0.1, 0.15) is 75.9 Å². The van der Waals surface area contributed by atoms with E-state index in [4.69, 9.17) is 0 Å². The molecular weight excluding hydrogens is 613 g/mol. The van der Waals surface area contributed by atoms with Crippen molar-refractivity contribution >= 4 is 34.9 Å². The number of aliphatic hydroxyl groups excluding tert-OH is 2. The third kappa shape index (κ3) is 10.0. The number of nitrogens with one attached hydrogen (secondary N) is 1. The van der Waals surface area contributed by atoms with Crippen molar-refractivity contribution in [1.29, 1.82) is 0 Å². The monoisotopic (exact) mass is 660 g/mol. The number of non-ortho nitro benzene ring substituents is 1. The number of hydrogen-bond donors (Lipinski definition) is 3. The number of carbonyl (C=O) groups excluding carboxylic acids is 1. The Morgan fingerprint density at radius 3 is 1.87 bits per heavy atom. The lowest BCUT2D eigenvalue weighted by molar-refractivity contribution is -0.384. The van der Waals surface area contributed by atoms with Crippen LogP contribution in [0.15, 0.2) is 91.1 Å². The van der Waals surface area contributed by atoms with Crippen molar-refractivity contribution in [2.24, 2.45) is 7.05 Å². The zero-order valence-corrected chi connectivity index (χ0v) is 28.0. The third-order valence-corrected chi connectivity index (χ3v) is 13.0. The maximum atomic E-state index is 12.4. The predicted molar refractivity (Wildman–Crippen MR) is 188 cm³/mol. The molecule has 1 heterocycles. The van der Waals surface area contributed by atoms with Gasteiger partial charge < -0.3 is 15.5 Å². The molecule has 0 aliphatic rings. The van der Waals surface area contributed by atoms with Gasteiger partial charge in [-0.25, -0.2) is 0 Å². The van der Waals surface area contributed by atoms with Crippen molar-refractivity contribution < 1.29 is 19.9 Å². The first-order chi connectivity index (χ1) is 22.8. The van der Waals surface area contributed by atoms with Crippen molar-refractivity contribution in [3.63, 3.8) is 0 Å². The fourth-order valence-corrected chi connectivity index (χ4v) is 10.3. The normalized spacial score (nSPS) is 12.8. The second-order valence-electron chi connectivity index (χ2n) is 12.0. The van der Waals surface area contributed by atoms with Gasteiger partial charge in [-0.3, -0.25) is 19.6 Å². The fourth-order valence-electron chi connectivity index (χ4n) is 6.06. The van der Waals surface area contributed by atoms with E-state index in [0.29, 0.717) is 12.0 Å². The van der Waals surface area contributed by atoms with Gasteiger partial charge in [0.15, 0.2) is 0 Å². The van der Waals surface area contributed by atoms with Gasteiger partial charge in [0.25, 0.3) is 5.69 Å². The van der Waals surface area contributed by atoms with E-state index >= 15 is 0 Å². The molecular formula is C36H47N5O5P+. The highest BCUT2D eigenvalue weighted by molar-refractivity contribution is 7.95. The van der Waals surface area contributed by atoms with Gasteiger partial charge in [0.1, 0.15) is 24.0 Å². The molecule has 2 atom stereocenters. The number of nitro benzene ring substituents is 1. The van der Waals surface area contributed by atoms with E-state index in [0.717, 1.165) is 43.7 Å². The minimum atomic E-state index is -1.93. The van der Waals surface area contributed by atoms with Gasteiger partial charge >= 0.3 is 0 Å². The first kappa shape index (κ1) is 35.9. The van der Waals surface area contributed by atoms with E-state index in [-0.39, 0.29) is 11.6 Å². The molecule has 250 valence electrons. The lowest BCUT2D eigenvalue weighted by Crippen LogP contribution is -2.41. The zero-order valence-electron chi connectivity index (χ0n) is 27.2. The Labute approximate surface area is 277 Å². The summed E-state index contributed by atoms with van der Waals surface area (Å²) in [5.41, 5.74) is 1.39. The summed E-state index contributed by atoms with van der Waals surface area (Å²) in [5.74, 6) is -0.226. The molecule has 0 bridgehead atoms. The lowest BCUT2D eigenvalue weighted by Gasteiger charge is -2.25. The summed E-state index contributed by atoms with van der Waals surface area (Å²) in [5, 5.41) is 45.5. The van der Waals surface area contributed by atoms with Crippen molar-refractivity contribution in [2.75, 3.05) is 12.8 Å². The van der Waals surface area contributed by atoms with Crippen LogP contribution in [0, 0.1) is 10.1 Å². The minimum absolute atomic E-state index is 0.0879. The topological polar surface area (TPSA) is 143 Å². The molecule has 4 aromatic rings. The van der Waals surface area contributed by atoms with Crippen LogP contribution in [-0.2, 0) is 11.8 Å². The Kier molecular flexibility index (Phi) is 14.0. The van der Waals surface area contributed by atoms with E-state index in [1.54, 1.807) is 0 Å². The maximum Gasteiger partial charge on any atom is 0.269 e. The van der Waals surface area contributed by atoms with E-state index in [2.05, 4.69) is 82.5 Å². The molecule has 4 rings (SSSR count). The van der Waals surface area contributed by atoms with Crippen LogP contribution in [0.5, 0.6) is 0 Å². The van der Waals surface area contributed by atoms with Gasteiger partial charge in [-0.05, 0) is 61.2 Å². The third-order valence-electron chi connectivity index (χ3n) is 8.64. The summed E-state index contributed by atoms with van der Waals surface area (Å²) in [6, 6.07) is 26.2. The van der Waals surface area contributed by atoms with Crippen LogP contribution in [0.2, 0.25) is 0 Å². The molecule has 0 unspecified atom stereocenters. The lowest BCUT2D eigenvalue weighted by atomic mass is 10.0. The molecule has 47 heavy (non-hydrogen) atoms. The highest BCUT2D eigenvalue weighted by atomic mass is 31.2. The summed E-state index contributed by atoms with van der Waals surface area (Å²) in [6.07, 6.45) is 12.0. The Hall–Kier alpha value is -3.98. The van der Waals surface area contributed by atoms with Gasteiger partial charge in [-0.2, -0.15) is 0 Å². The predicted octanol–water partition coefficient (Wildman–Crippen LogP) is 5.13. The van der Waals surface area contributed by atoms with Crippen LogP contribution >= 0.6 is 7.26 Å². The number of aryl methyl sites for hydroxylation is 1. The molecule has 1 amide bonds. The molecule has 1 aromatic heterocycles. The van der Waals surface area contributed by atoms with Crippen LogP contribution in [0.3, 0.4) is 0 Å². The number of unbranched alkanes of at least 4 members (excludes halogenated alkanes) is 8. The molecule has 0 saturated heterocycles. The standard InChI is InChI=1S/C36H46N5O5P/c1-40-27-35(38-39-40)47(31-17-11-9-12-18-31,32-19-13-10-14-20-32)26-16-8-6-4-2-3-5-7-15-21-34(43)37-33(28-42)36(44)29-22-24-30(25-23-29)41(45)46/h9-14,17-20,22-25,27,33,36,42,44H,2-8,15-16,21,26,28H2,1H3/p+1/t33-,36-/m1/s1. The first-order valence-electron chi connectivity index (χ1n) is 16.5. The number of nitrogens with zero attached hydrogens (tertiary/aromatic N) is 4. The minimum Gasteiger partial charge on any atom is -0.394 e. The van der Waals surface area contributed by atoms with Crippen LogP contribution in [-0.4, -0.2) is 54.8 Å². The molecule has 0 aliphatic heterocycles. The number of nitro groups is 1. The van der Waals surface area contributed by atoms with Gasteiger partial charge in [0, 0.05) is 25.6 Å². The van der Waals surface area contributed by atoms with Crippen LogP contribution in [0.4, 0.5) is 5.69 Å². The summed E-state index contributed by atoms with van der Waals surface area (Å²) in [6.45, 7) is -0.439. The summed E-state index contributed by atoms with van der Waals surface area (Å²) in [7, 11) is 0.00161. The maximum absolute atomic E-state index is 12.4. The highest BCUT2D eigenvalue weighted by Crippen LogP contribution is 2.55. The average Bonchev–Trinajstić information content (AvgIpc) is 3.54. The van der Waals surface area contributed by atoms with Crippen molar-refractivity contribution in [1.82, 2.24) is 20.3 Å². The van der Waals surface area contributed by atoms with Crippen molar-refractivity contribution in [2.45, 2.75) is 76.4 Å². The Balaban J connectivity index is 1.15. The summed E-state index contributed by atoms with van der Waals surface area (Å²) < 4.78 is 1.81.